The van der Waals surface area contributed by atoms with E-state index in [0.717, 1.165) is 37.7 Å². The lowest BCUT2D eigenvalue weighted by molar-refractivity contribution is -0.355. The first-order valence-electron chi connectivity index (χ1n) is 20.1. The van der Waals surface area contributed by atoms with Crippen molar-refractivity contribution >= 4 is 11.9 Å². The number of aliphatic hydroxyl groups excluding tert-OH is 6. The molecule has 4 aliphatic rings. The average molecular weight is 820 g/mol. The molecule has 17 heteroatoms. The molecule has 2 aromatic carbocycles. The zero-order chi connectivity index (χ0) is 41.3. The molecule has 322 valence electrons. The van der Waals surface area contributed by atoms with Gasteiger partial charge >= 0.3 is 5.97 Å². The van der Waals surface area contributed by atoms with Crippen molar-refractivity contribution in [2.75, 3.05) is 19.8 Å². The molecule has 0 aromatic heterocycles. The number of ether oxygens (including phenoxy) is 7. The van der Waals surface area contributed by atoms with Gasteiger partial charge in [-0.3, -0.25) is 4.79 Å². The van der Waals surface area contributed by atoms with Gasteiger partial charge in [-0.25, -0.2) is 4.79 Å². The molecule has 14 atom stereocenters. The third kappa shape index (κ3) is 11.1. The van der Waals surface area contributed by atoms with Crippen molar-refractivity contribution in [3.8, 4) is 5.75 Å². The number of hydrogen-bond acceptors (Lipinski definition) is 15. The smallest absolute Gasteiger partial charge is 0.332 e. The first-order valence-corrected chi connectivity index (χ1v) is 20.1. The van der Waals surface area contributed by atoms with E-state index in [9.17, 15) is 45.3 Å². The number of carboxylic acid groups (broad SMARTS) is 1. The van der Waals surface area contributed by atoms with Crippen molar-refractivity contribution in [3.05, 3.63) is 65.7 Å². The van der Waals surface area contributed by atoms with Crippen LogP contribution < -0.4 is 10.1 Å². The Bertz CT molecular complexity index is 1580. The number of benzene rings is 2. The first kappa shape index (κ1) is 44.3. The molecule has 3 heterocycles. The van der Waals surface area contributed by atoms with Gasteiger partial charge in [-0.1, -0.05) is 62.4 Å². The van der Waals surface area contributed by atoms with E-state index in [-0.39, 0.29) is 31.9 Å². The zero-order valence-electron chi connectivity index (χ0n) is 32.4. The van der Waals surface area contributed by atoms with Crippen LogP contribution in [0.4, 0.5) is 0 Å². The predicted molar refractivity (Wildman–Crippen MR) is 201 cm³/mol. The van der Waals surface area contributed by atoms with Crippen LogP contribution in [0.25, 0.3) is 0 Å². The van der Waals surface area contributed by atoms with Crippen LogP contribution in [0.1, 0.15) is 67.8 Å². The number of hydrogen-bond donors (Lipinski definition) is 8. The molecule has 0 unspecified atom stereocenters. The lowest BCUT2D eigenvalue weighted by Crippen LogP contribution is -2.64. The van der Waals surface area contributed by atoms with Crippen LogP contribution in [0, 0.1) is 5.92 Å². The van der Waals surface area contributed by atoms with E-state index in [4.69, 9.17) is 33.2 Å². The maximum absolute atomic E-state index is 13.3. The molecule has 6 rings (SSSR count). The van der Waals surface area contributed by atoms with Gasteiger partial charge in [-0.05, 0) is 55.5 Å². The Morgan fingerprint density at radius 3 is 2.19 bits per heavy atom. The highest BCUT2D eigenvalue weighted by Gasteiger charge is 2.51. The highest BCUT2D eigenvalue weighted by Crippen LogP contribution is 2.34. The second-order valence-electron chi connectivity index (χ2n) is 15.5. The number of amides is 1. The highest BCUT2D eigenvalue weighted by molar-refractivity contribution is 5.94. The molecule has 17 nitrogen and oxygen atoms in total. The SMILES string of the molecule is C[C@@H]1O[C@@H](O[C@@H]2[C@@H](CNC(=O)c3ccc(OCc4ccccc4)cc3)OCC[C@H]2O[C@@H]2O[C@H](CO)[C@H](O)[C@H](O[C@@H](CC3CCCCC3)C(=O)O)[C@H]2O)[C@@H](O)[C@H](O)[C@@H]1O. The van der Waals surface area contributed by atoms with E-state index in [1.807, 2.05) is 30.3 Å². The van der Waals surface area contributed by atoms with Crippen LogP contribution in [-0.4, -0.2) is 153 Å². The van der Waals surface area contributed by atoms with Crippen LogP contribution in [0.3, 0.4) is 0 Å². The molecule has 3 aliphatic heterocycles. The maximum Gasteiger partial charge on any atom is 0.332 e. The van der Waals surface area contributed by atoms with Crippen molar-refractivity contribution in [3.63, 3.8) is 0 Å². The summed E-state index contributed by atoms with van der Waals surface area (Å²) in [5.74, 6) is -1.04. The third-order valence-electron chi connectivity index (χ3n) is 11.4. The minimum absolute atomic E-state index is 0.0710. The monoisotopic (exact) mass is 819 g/mol. The quantitative estimate of drug-likeness (QED) is 0.116. The summed E-state index contributed by atoms with van der Waals surface area (Å²) in [5, 5.41) is 77.3. The number of carbonyl (C=O) groups excluding carboxylic acids is 1. The summed E-state index contributed by atoms with van der Waals surface area (Å²) < 4.78 is 41.8. The Labute approximate surface area is 336 Å². The summed E-state index contributed by atoms with van der Waals surface area (Å²) in [7, 11) is 0. The van der Waals surface area contributed by atoms with Gasteiger partial charge in [0.05, 0.1) is 18.8 Å². The molecule has 8 N–H and O–H groups in total. The fraction of sp³-hybridized carbons (Fsp3) is 0.659. The Kier molecular flexibility index (Phi) is 15.9. The summed E-state index contributed by atoms with van der Waals surface area (Å²) in [4.78, 5) is 25.7. The van der Waals surface area contributed by atoms with Crippen LogP contribution in [0.15, 0.2) is 54.6 Å². The normalized spacial score (nSPS) is 35.2. The van der Waals surface area contributed by atoms with Gasteiger partial charge in [0.25, 0.3) is 5.91 Å². The lowest BCUT2D eigenvalue weighted by Gasteiger charge is -2.47. The molecule has 3 saturated heterocycles. The Hall–Kier alpha value is -3.30. The molecule has 1 saturated carbocycles. The van der Waals surface area contributed by atoms with Crippen molar-refractivity contribution in [2.45, 2.75) is 144 Å². The molecule has 2 aromatic rings. The third-order valence-corrected chi connectivity index (χ3v) is 11.4. The molecule has 58 heavy (non-hydrogen) atoms. The van der Waals surface area contributed by atoms with Crippen molar-refractivity contribution in [1.29, 1.82) is 0 Å². The summed E-state index contributed by atoms with van der Waals surface area (Å²) in [6.07, 6.45) is -14.5. The van der Waals surface area contributed by atoms with Crippen LogP contribution in [0.5, 0.6) is 5.75 Å². The zero-order valence-corrected chi connectivity index (χ0v) is 32.4. The Morgan fingerprint density at radius 1 is 0.793 bits per heavy atom. The Balaban J connectivity index is 1.16. The summed E-state index contributed by atoms with van der Waals surface area (Å²) in [5.41, 5.74) is 1.31. The van der Waals surface area contributed by atoms with E-state index in [1.54, 1.807) is 24.3 Å². The topological polar surface area (TPSA) is 252 Å². The predicted octanol–water partition coefficient (Wildman–Crippen LogP) is 0.630. The largest absolute Gasteiger partial charge is 0.489 e. The van der Waals surface area contributed by atoms with Gasteiger partial charge in [-0.2, -0.15) is 0 Å². The van der Waals surface area contributed by atoms with Gasteiger partial charge in [0.2, 0.25) is 0 Å². The number of aliphatic carboxylic acids is 1. The van der Waals surface area contributed by atoms with Crippen molar-refractivity contribution in [1.82, 2.24) is 5.32 Å². The molecular formula is C41H57NO16. The number of rotatable bonds is 16. The van der Waals surface area contributed by atoms with Gasteiger partial charge < -0.3 is 74.2 Å². The number of aliphatic hydroxyl groups is 6. The first-order chi connectivity index (χ1) is 27.9. The van der Waals surface area contributed by atoms with E-state index < -0.39 is 104 Å². The summed E-state index contributed by atoms with van der Waals surface area (Å²) in [6.45, 7) is 1.06. The van der Waals surface area contributed by atoms with Gasteiger partial charge in [0.15, 0.2) is 18.7 Å². The van der Waals surface area contributed by atoms with Gasteiger partial charge in [-0.15, -0.1) is 0 Å². The lowest BCUT2D eigenvalue weighted by atomic mass is 9.85. The molecule has 0 spiro atoms. The average Bonchev–Trinajstić information content (AvgIpc) is 3.23. The minimum atomic E-state index is -1.74. The number of carboxylic acids is 1. The minimum Gasteiger partial charge on any atom is -0.489 e. The van der Waals surface area contributed by atoms with E-state index in [0.29, 0.717) is 17.9 Å². The fourth-order valence-corrected chi connectivity index (χ4v) is 7.98. The standard InChI is InChI=1S/C41H57NO16/c1-22-31(44)33(46)34(47)40(54-22)58-36-27(16-17-52-29(36)19-42-38(49)25-12-14-26(15-13-25)53-21-24-10-6-3-7-11-24)56-41-35(48)37(32(45)30(20-43)57-41)55-28(39(50)51)18-23-8-4-2-5-9-23/h3,6-7,10-15,22-23,27-37,40-41,43-48H,2,4-5,8-9,16-21H2,1H3,(H,42,49)(H,50,51)/t22-,27+,28-,29+,30+,31+,32-,33+,34-,35+,36-,37-,40-,41+/m0/s1. The number of nitrogens with one attached hydrogen (secondary N) is 1. The number of carbonyl (C=O) groups is 2. The Morgan fingerprint density at radius 2 is 1.50 bits per heavy atom. The molecular weight excluding hydrogens is 762 g/mol. The maximum atomic E-state index is 13.3. The van der Waals surface area contributed by atoms with Crippen molar-refractivity contribution in [2.24, 2.45) is 5.92 Å². The van der Waals surface area contributed by atoms with Crippen LogP contribution >= 0.6 is 0 Å². The molecule has 1 aliphatic carbocycles. The van der Waals surface area contributed by atoms with Crippen LogP contribution in [0.2, 0.25) is 0 Å². The summed E-state index contributed by atoms with van der Waals surface area (Å²) in [6, 6.07) is 16.2. The second kappa shape index (κ2) is 20.8. The van der Waals surface area contributed by atoms with Gasteiger partial charge in [0, 0.05) is 18.7 Å². The molecule has 4 fully saturated rings. The van der Waals surface area contributed by atoms with Crippen molar-refractivity contribution < 1.29 is 78.5 Å². The molecule has 0 radical (unpaired) electrons. The molecule has 0 bridgehead atoms. The van der Waals surface area contributed by atoms with E-state index in [2.05, 4.69) is 5.32 Å². The highest BCUT2D eigenvalue weighted by atomic mass is 16.7. The van der Waals surface area contributed by atoms with Gasteiger partial charge in [0.1, 0.15) is 67.3 Å². The van der Waals surface area contributed by atoms with Crippen LogP contribution in [-0.2, 0) is 39.8 Å². The van der Waals surface area contributed by atoms with E-state index in [1.165, 1.54) is 6.92 Å². The second-order valence-corrected chi connectivity index (χ2v) is 15.5. The fourth-order valence-electron chi connectivity index (χ4n) is 7.98. The molecule has 1 amide bonds. The van der Waals surface area contributed by atoms with E-state index >= 15 is 0 Å². The summed E-state index contributed by atoms with van der Waals surface area (Å²) >= 11 is 0.